The van der Waals surface area contributed by atoms with Crippen LogP contribution in [0, 0.1) is 5.82 Å². The summed E-state index contributed by atoms with van der Waals surface area (Å²) in [7, 11) is 2.01. The van der Waals surface area contributed by atoms with Crippen LogP contribution >= 0.6 is 11.6 Å². The highest BCUT2D eigenvalue weighted by Gasteiger charge is 2.20. The average molecular weight is 323 g/mol. The minimum absolute atomic E-state index is 0.220. The van der Waals surface area contributed by atoms with Crippen LogP contribution in [0.2, 0.25) is 5.02 Å². The predicted molar refractivity (Wildman–Crippen MR) is 85.2 cm³/mol. The maximum Gasteiger partial charge on any atom is 0.129 e. The second kappa shape index (κ2) is 6.77. The summed E-state index contributed by atoms with van der Waals surface area (Å²) in [6.07, 6.45) is 3.79. The summed E-state index contributed by atoms with van der Waals surface area (Å²) in [5.41, 5.74) is 0.599. The second-order valence-corrected chi connectivity index (χ2v) is 6.11. The normalized spacial score (nSPS) is 17.0. The van der Waals surface area contributed by atoms with Crippen molar-refractivity contribution in [1.29, 1.82) is 0 Å². The lowest BCUT2D eigenvalue weighted by atomic mass is 10.2. The summed E-state index contributed by atoms with van der Waals surface area (Å²) in [5, 5.41) is 0.510. The van der Waals surface area contributed by atoms with Gasteiger partial charge in [0, 0.05) is 62.8 Å². The van der Waals surface area contributed by atoms with Crippen molar-refractivity contribution in [3.05, 3.63) is 52.8 Å². The second-order valence-electron chi connectivity index (χ2n) is 5.71. The lowest BCUT2D eigenvalue weighted by Crippen LogP contribution is -2.45. The molecule has 1 aliphatic heterocycles. The number of hydrogen-bond acceptors (Lipinski definition) is 3. The summed E-state index contributed by atoms with van der Waals surface area (Å²) in [5.74, 6) is 0.855. The highest BCUT2D eigenvalue weighted by Crippen LogP contribution is 2.21. The van der Waals surface area contributed by atoms with Gasteiger partial charge >= 0.3 is 0 Å². The third-order valence-electron chi connectivity index (χ3n) is 4.19. The van der Waals surface area contributed by atoms with Gasteiger partial charge in [-0.05, 0) is 12.1 Å². The molecule has 22 heavy (non-hydrogen) atoms. The Kier molecular flexibility index (Phi) is 4.76. The lowest BCUT2D eigenvalue weighted by molar-refractivity contribution is 0.118. The minimum atomic E-state index is -0.220. The van der Waals surface area contributed by atoms with E-state index in [9.17, 15) is 4.39 Å². The molecular formula is C16H20ClFN4. The van der Waals surface area contributed by atoms with Crippen LogP contribution < -0.4 is 0 Å². The van der Waals surface area contributed by atoms with Gasteiger partial charge in [0.2, 0.25) is 0 Å². The van der Waals surface area contributed by atoms with Gasteiger partial charge in [0.25, 0.3) is 0 Å². The van der Waals surface area contributed by atoms with E-state index in [2.05, 4.69) is 14.8 Å². The van der Waals surface area contributed by atoms with E-state index in [0.717, 1.165) is 38.5 Å². The predicted octanol–water partition coefficient (Wildman–Crippen LogP) is 2.53. The van der Waals surface area contributed by atoms with Crippen LogP contribution in [0.15, 0.2) is 30.6 Å². The van der Waals surface area contributed by atoms with Gasteiger partial charge in [-0.15, -0.1) is 0 Å². The molecule has 118 valence electrons. The van der Waals surface area contributed by atoms with Crippen LogP contribution in [0.1, 0.15) is 11.4 Å². The fourth-order valence-corrected chi connectivity index (χ4v) is 2.98. The zero-order chi connectivity index (χ0) is 15.5. The number of piperazine rings is 1. The molecule has 0 saturated carbocycles. The summed E-state index contributed by atoms with van der Waals surface area (Å²) >= 11 is 6.10. The Hall–Kier alpha value is -1.43. The van der Waals surface area contributed by atoms with Crippen molar-refractivity contribution in [2.45, 2.75) is 13.1 Å². The van der Waals surface area contributed by atoms with Crippen molar-refractivity contribution in [2.24, 2.45) is 7.05 Å². The zero-order valence-electron chi connectivity index (χ0n) is 12.7. The Morgan fingerprint density at radius 1 is 1.14 bits per heavy atom. The first kappa shape index (κ1) is 15.5. The van der Waals surface area contributed by atoms with Crippen molar-refractivity contribution in [3.8, 4) is 0 Å². The topological polar surface area (TPSA) is 24.3 Å². The van der Waals surface area contributed by atoms with E-state index in [-0.39, 0.29) is 5.82 Å². The molecule has 3 rings (SSSR count). The van der Waals surface area contributed by atoms with Crippen LogP contribution in [-0.2, 0) is 20.1 Å². The Bertz CT molecular complexity index is 615. The van der Waals surface area contributed by atoms with Crippen LogP contribution in [0.25, 0.3) is 0 Å². The fraction of sp³-hybridized carbons (Fsp3) is 0.438. The monoisotopic (exact) mass is 322 g/mol. The number of aromatic nitrogens is 2. The molecule has 0 atom stereocenters. The molecule has 0 bridgehead atoms. The zero-order valence-corrected chi connectivity index (χ0v) is 13.4. The van der Waals surface area contributed by atoms with Crippen LogP contribution in [-0.4, -0.2) is 45.5 Å². The number of imidazole rings is 1. The van der Waals surface area contributed by atoms with Crippen molar-refractivity contribution < 1.29 is 4.39 Å². The largest absolute Gasteiger partial charge is 0.337 e. The summed E-state index contributed by atoms with van der Waals surface area (Å²) in [6, 6.07) is 4.86. The summed E-state index contributed by atoms with van der Waals surface area (Å²) < 4.78 is 15.9. The fourth-order valence-electron chi connectivity index (χ4n) is 2.76. The van der Waals surface area contributed by atoms with Crippen molar-refractivity contribution in [3.63, 3.8) is 0 Å². The van der Waals surface area contributed by atoms with E-state index < -0.39 is 0 Å². The Morgan fingerprint density at radius 2 is 1.82 bits per heavy atom. The molecule has 0 spiro atoms. The lowest BCUT2D eigenvalue weighted by Gasteiger charge is -2.34. The van der Waals surface area contributed by atoms with Gasteiger partial charge in [-0.3, -0.25) is 9.80 Å². The van der Waals surface area contributed by atoms with E-state index in [1.807, 2.05) is 24.0 Å². The van der Waals surface area contributed by atoms with Crippen LogP contribution in [0.5, 0.6) is 0 Å². The van der Waals surface area contributed by atoms with E-state index in [1.165, 1.54) is 6.07 Å². The SMILES string of the molecule is Cn1ccnc1CN1CCN(Cc2c(F)cccc2Cl)CC1. The first-order chi connectivity index (χ1) is 10.6. The molecular weight excluding hydrogens is 303 g/mol. The van der Waals surface area contributed by atoms with Crippen molar-refractivity contribution >= 4 is 11.6 Å². The van der Waals surface area contributed by atoms with Gasteiger partial charge in [-0.25, -0.2) is 9.37 Å². The summed E-state index contributed by atoms with van der Waals surface area (Å²) in [6.45, 7) is 5.17. The number of hydrogen-bond donors (Lipinski definition) is 0. The van der Waals surface area contributed by atoms with Gasteiger partial charge in [0.15, 0.2) is 0 Å². The van der Waals surface area contributed by atoms with E-state index >= 15 is 0 Å². The van der Waals surface area contributed by atoms with Crippen molar-refractivity contribution in [2.75, 3.05) is 26.2 Å². The molecule has 0 aliphatic carbocycles. The molecule has 0 radical (unpaired) electrons. The highest BCUT2D eigenvalue weighted by atomic mass is 35.5. The molecule has 0 N–H and O–H groups in total. The van der Waals surface area contributed by atoms with Gasteiger partial charge in [-0.1, -0.05) is 17.7 Å². The van der Waals surface area contributed by atoms with E-state index in [1.54, 1.807) is 12.1 Å². The average Bonchev–Trinajstić information content (AvgIpc) is 2.90. The summed E-state index contributed by atoms with van der Waals surface area (Å²) in [4.78, 5) is 8.99. The molecule has 1 saturated heterocycles. The molecule has 1 aliphatic rings. The molecule has 4 nitrogen and oxygen atoms in total. The van der Waals surface area contributed by atoms with Crippen molar-refractivity contribution in [1.82, 2.24) is 19.4 Å². The quantitative estimate of drug-likeness (QED) is 0.864. The molecule has 1 aromatic heterocycles. The van der Waals surface area contributed by atoms with Crippen LogP contribution in [0.3, 0.4) is 0 Å². The maximum absolute atomic E-state index is 13.8. The first-order valence-corrected chi connectivity index (χ1v) is 7.85. The Balaban J connectivity index is 1.55. The Labute approximate surface area is 135 Å². The molecule has 2 aromatic rings. The number of rotatable bonds is 4. The molecule has 2 heterocycles. The van der Waals surface area contributed by atoms with E-state index in [4.69, 9.17) is 11.6 Å². The standard InChI is InChI=1S/C16H20ClFN4/c1-20-6-5-19-16(20)12-22-9-7-21(8-10-22)11-13-14(17)3-2-4-15(13)18/h2-6H,7-12H2,1H3. The van der Waals surface area contributed by atoms with Crippen LogP contribution in [0.4, 0.5) is 4.39 Å². The van der Waals surface area contributed by atoms with Gasteiger partial charge in [0.05, 0.1) is 6.54 Å². The van der Waals surface area contributed by atoms with Gasteiger partial charge < -0.3 is 4.57 Å². The Morgan fingerprint density at radius 3 is 2.41 bits per heavy atom. The maximum atomic E-state index is 13.8. The third-order valence-corrected chi connectivity index (χ3v) is 4.55. The molecule has 0 unspecified atom stereocenters. The third kappa shape index (κ3) is 3.48. The van der Waals surface area contributed by atoms with E-state index in [0.29, 0.717) is 17.1 Å². The minimum Gasteiger partial charge on any atom is -0.337 e. The number of aryl methyl sites for hydroxylation is 1. The number of benzene rings is 1. The molecule has 1 fully saturated rings. The highest BCUT2D eigenvalue weighted by molar-refractivity contribution is 6.31. The molecule has 6 heteroatoms. The number of nitrogens with zero attached hydrogens (tertiary/aromatic N) is 4. The van der Waals surface area contributed by atoms with Gasteiger partial charge in [0.1, 0.15) is 11.6 Å². The molecule has 1 aromatic carbocycles. The first-order valence-electron chi connectivity index (χ1n) is 7.47. The number of halogens is 2. The smallest absolute Gasteiger partial charge is 0.129 e. The van der Waals surface area contributed by atoms with Gasteiger partial charge in [-0.2, -0.15) is 0 Å². The molecule has 0 amide bonds.